The van der Waals surface area contributed by atoms with E-state index in [-0.39, 0.29) is 18.6 Å². The molecule has 1 amide bonds. The summed E-state index contributed by atoms with van der Waals surface area (Å²) in [7, 11) is 1.51. The lowest BCUT2D eigenvalue weighted by atomic mass is 10.0. The number of carbonyl (C=O) groups excluding carboxylic acids is 1. The highest BCUT2D eigenvalue weighted by atomic mass is 35.5. The van der Waals surface area contributed by atoms with Crippen LogP contribution in [0.4, 0.5) is 0 Å². The van der Waals surface area contributed by atoms with Crippen molar-refractivity contribution in [1.29, 1.82) is 0 Å². The first-order chi connectivity index (χ1) is 13.0. The smallest absolute Gasteiger partial charge is 0.248 e. The molecule has 0 aromatic heterocycles. The molecule has 1 heterocycles. The lowest BCUT2D eigenvalue weighted by molar-refractivity contribution is -0.137. The molecule has 0 saturated heterocycles. The maximum atomic E-state index is 12.5. The number of ether oxygens (including phenoxy) is 1. The molecule has 0 aliphatic carbocycles. The van der Waals surface area contributed by atoms with E-state index in [1.807, 2.05) is 36.4 Å². The van der Waals surface area contributed by atoms with Crippen molar-refractivity contribution >= 4 is 23.2 Å². The minimum atomic E-state index is -0.179. The van der Waals surface area contributed by atoms with Crippen LogP contribution in [0.1, 0.15) is 23.1 Å². The second kappa shape index (κ2) is 9.02. The molecule has 0 bridgehead atoms. The van der Waals surface area contributed by atoms with Crippen molar-refractivity contribution < 1.29 is 14.4 Å². The van der Waals surface area contributed by atoms with Crippen LogP contribution in [0.25, 0.3) is 0 Å². The van der Waals surface area contributed by atoms with Gasteiger partial charge in [0.2, 0.25) is 5.91 Å². The summed E-state index contributed by atoms with van der Waals surface area (Å²) in [6, 6.07) is 15.7. The summed E-state index contributed by atoms with van der Waals surface area (Å²) in [6.45, 7) is 2.96. The molecule has 1 aliphatic heterocycles. The van der Waals surface area contributed by atoms with Crippen molar-refractivity contribution in [2.75, 3.05) is 20.3 Å². The molecule has 142 valence electrons. The second-order valence-electron chi connectivity index (χ2n) is 6.67. The largest absolute Gasteiger partial charge is 0.390 e. The predicted molar refractivity (Wildman–Crippen MR) is 106 cm³/mol. The van der Waals surface area contributed by atoms with Gasteiger partial charge in [0, 0.05) is 25.1 Å². The minimum absolute atomic E-state index is 0.0267. The molecule has 0 radical (unpaired) electrons. The Labute approximate surface area is 164 Å². The zero-order chi connectivity index (χ0) is 19.2. The number of nitrogens with zero attached hydrogens (tertiary/aromatic N) is 2. The molecule has 2 aromatic rings. The van der Waals surface area contributed by atoms with Crippen LogP contribution in [0.2, 0.25) is 5.02 Å². The summed E-state index contributed by atoms with van der Waals surface area (Å²) < 4.78 is 5.03. The molecular formula is C21H23ClN2O3. The van der Waals surface area contributed by atoms with Crippen LogP contribution in [0.15, 0.2) is 53.7 Å². The van der Waals surface area contributed by atoms with Crippen LogP contribution < -0.4 is 0 Å². The molecular weight excluding hydrogens is 364 g/mol. The molecule has 27 heavy (non-hydrogen) atoms. The fraction of sp³-hybridized carbons (Fsp3) is 0.333. The Kier molecular flexibility index (Phi) is 6.48. The number of hydrogen-bond acceptors (Lipinski definition) is 4. The molecule has 0 fully saturated rings. The monoisotopic (exact) mass is 386 g/mol. The second-order valence-corrected chi connectivity index (χ2v) is 7.11. The highest BCUT2D eigenvalue weighted by Crippen LogP contribution is 2.20. The van der Waals surface area contributed by atoms with E-state index in [1.165, 1.54) is 12.7 Å². The highest BCUT2D eigenvalue weighted by molar-refractivity contribution is 6.30. The normalized spacial score (nSPS) is 16.0. The molecule has 5 nitrogen and oxygen atoms in total. The average Bonchev–Trinajstić information content (AvgIpc) is 3.10. The Morgan fingerprint density at radius 1 is 1.30 bits per heavy atom. The zero-order valence-electron chi connectivity index (χ0n) is 15.5. The summed E-state index contributed by atoms with van der Waals surface area (Å²) in [6.07, 6.45) is 0.483. The van der Waals surface area contributed by atoms with E-state index in [2.05, 4.69) is 24.2 Å². The zero-order valence-corrected chi connectivity index (χ0v) is 16.3. The van der Waals surface area contributed by atoms with Crippen LogP contribution in [0.5, 0.6) is 0 Å². The number of oxime groups is 1. The minimum Gasteiger partial charge on any atom is -0.390 e. The van der Waals surface area contributed by atoms with E-state index in [0.29, 0.717) is 24.5 Å². The maximum absolute atomic E-state index is 12.5. The van der Waals surface area contributed by atoms with E-state index in [1.54, 1.807) is 4.90 Å². The SMILES string of the molecule is COCC(=O)N(Cc1cccc(Cl)c1)C[C@H]1CC(c2ccc(C)cc2)=NO1. The number of hydrogen-bond donors (Lipinski definition) is 0. The highest BCUT2D eigenvalue weighted by Gasteiger charge is 2.26. The van der Waals surface area contributed by atoms with Crippen LogP contribution in [-0.2, 0) is 20.9 Å². The Balaban J connectivity index is 1.66. The van der Waals surface area contributed by atoms with E-state index in [9.17, 15) is 4.79 Å². The average molecular weight is 387 g/mol. The van der Waals surface area contributed by atoms with Gasteiger partial charge >= 0.3 is 0 Å². The number of rotatable bonds is 7. The molecule has 1 aliphatic rings. The Hall–Kier alpha value is -2.37. The summed E-state index contributed by atoms with van der Waals surface area (Å²) in [5.41, 5.74) is 4.12. The van der Waals surface area contributed by atoms with Gasteiger partial charge in [-0.2, -0.15) is 0 Å². The van der Waals surface area contributed by atoms with E-state index < -0.39 is 0 Å². The van der Waals surface area contributed by atoms with Gasteiger partial charge in [-0.1, -0.05) is 58.7 Å². The number of halogens is 1. The number of aryl methyl sites for hydroxylation is 1. The summed E-state index contributed by atoms with van der Waals surface area (Å²) in [5, 5.41) is 4.87. The lowest BCUT2D eigenvalue weighted by Crippen LogP contribution is -2.39. The molecule has 2 aromatic carbocycles. The van der Waals surface area contributed by atoms with Crippen molar-refractivity contribution in [3.8, 4) is 0 Å². The Morgan fingerprint density at radius 2 is 2.07 bits per heavy atom. The topological polar surface area (TPSA) is 51.1 Å². The van der Waals surface area contributed by atoms with Gasteiger partial charge in [-0.15, -0.1) is 0 Å². The van der Waals surface area contributed by atoms with Crippen molar-refractivity contribution in [2.24, 2.45) is 5.16 Å². The first kappa shape index (κ1) is 19.4. The van der Waals surface area contributed by atoms with Crippen LogP contribution in [0, 0.1) is 6.92 Å². The van der Waals surface area contributed by atoms with Crippen LogP contribution in [-0.4, -0.2) is 42.9 Å². The standard InChI is InChI=1S/C21H23ClN2O3/c1-15-6-8-17(9-7-15)20-11-19(27-23-20)13-24(21(25)14-26-2)12-16-4-3-5-18(22)10-16/h3-10,19H,11-14H2,1-2H3/t19-/m1/s1. The molecule has 3 rings (SSSR count). The summed E-state index contributed by atoms with van der Waals surface area (Å²) >= 11 is 6.07. The fourth-order valence-corrected chi connectivity index (χ4v) is 3.23. The Morgan fingerprint density at radius 3 is 2.78 bits per heavy atom. The number of carbonyl (C=O) groups is 1. The van der Waals surface area contributed by atoms with Gasteiger partial charge in [0.15, 0.2) is 6.10 Å². The third kappa shape index (κ3) is 5.31. The summed E-state index contributed by atoms with van der Waals surface area (Å²) in [4.78, 5) is 19.8. The van der Waals surface area contributed by atoms with Crippen LogP contribution in [0.3, 0.4) is 0 Å². The van der Waals surface area contributed by atoms with Gasteiger partial charge < -0.3 is 14.5 Å². The molecule has 0 N–H and O–H groups in total. The van der Waals surface area contributed by atoms with E-state index in [0.717, 1.165) is 16.8 Å². The Bertz CT molecular complexity index is 820. The van der Waals surface area contributed by atoms with E-state index in [4.69, 9.17) is 21.2 Å². The van der Waals surface area contributed by atoms with Gasteiger partial charge in [0.25, 0.3) is 0 Å². The van der Waals surface area contributed by atoms with Crippen molar-refractivity contribution in [1.82, 2.24) is 4.90 Å². The van der Waals surface area contributed by atoms with Crippen molar-refractivity contribution in [3.63, 3.8) is 0 Å². The lowest BCUT2D eigenvalue weighted by Gasteiger charge is -2.25. The van der Waals surface area contributed by atoms with Gasteiger partial charge in [-0.3, -0.25) is 4.79 Å². The molecule has 0 spiro atoms. The molecule has 0 unspecified atom stereocenters. The third-order valence-corrected chi connectivity index (χ3v) is 4.66. The quantitative estimate of drug-likeness (QED) is 0.726. The first-order valence-electron chi connectivity index (χ1n) is 8.86. The van der Waals surface area contributed by atoms with Gasteiger partial charge in [0.1, 0.15) is 6.61 Å². The fourth-order valence-electron chi connectivity index (χ4n) is 3.01. The predicted octanol–water partition coefficient (Wildman–Crippen LogP) is 3.82. The number of methoxy groups -OCH3 is 1. The number of amides is 1. The summed E-state index contributed by atoms with van der Waals surface area (Å²) in [5.74, 6) is -0.0927. The first-order valence-corrected chi connectivity index (χ1v) is 9.24. The van der Waals surface area contributed by atoms with Crippen molar-refractivity contribution in [2.45, 2.75) is 26.0 Å². The third-order valence-electron chi connectivity index (χ3n) is 4.42. The van der Waals surface area contributed by atoms with Gasteiger partial charge in [-0.25, -0.2) is 0 Å². The maximum Gasteiger partial charge on any atom is 0.248 e. The van der Waals surface area contributed by atoms with Gasteiger partial charge in [0.05, 0.1) is 12.3 Å². The van der Waals surface area contributed by atoms with Crippen LogP contribution >= 0.6 is 11.6 Å². The molecule has 1 atom stereocenters. The van der Waals surface area contributed by atoms with E-state index >= 15 is 0 Å². The van der Waals surface area contributed by atoms with Crippen molar-refractivity contribution in [3.05, 3.63) is 70.2 Å². The molecule has 0 saturated carbocycles. The number of benzene rings is 2. The molecule has 6 heteroatoms. The van der Waals surface area contributed by atoms with Gasteiger partial charge in [-0.05, 0) is 30.2 Å².